The Kier molecular flexibility index (Phi) is 6.52. The van der Waals surface area contributed by atoms with Gasteiger partial charge in [0.2, 0.25) is 0 Å². The van der Waals surface area contributed by atoms with E-state index in [1.165, 1.54) is 0 Å². The van der Waals surface area contributed by atoms with E-state index in [-0.39, 0.29) is 6.54 Å². The normalized spacial score (nSPS) is 12.3. The third kappa shape index (κ3) is 7.43. The first-order valence-electron chi connectivity index (χ1n) is 7.39. The van der Waals surface area contributed by atoms with Crippen LogP contribution in [0.25, 0.3) is 0 Å². The zero-order valence-electron chi connectivity index (χ0n) is 14.1. The van der Waals surface area contributed by atoms with Crippen LogP contribution in [-0.4, -0.2) is 63.0 Å². The number of hydrogen-bond acceptors (Lipinski definition) is 6. The van der Waals surface area contributed by atoms with Crippen LogP contribution in [0.3, 0.4) is 0 Å². The van der Waals surface area contributed by atoms with Gasteiger partial charge in [-0.3, -0.25) is 0 Å². The number of amides is 1. The third-order valence-electron chi connectivity index (χ3n) is 2.98. The maximum Gasteiger partial charge on any atom is 0.416 e. The van der Waals surface area contributed by atoms with E-state index in [2.05, 4.69) is 0 Å². The molecule has 7 heteroatoms. The molecule has 0 spiro atoms. The molecule has 0 aromatic heterocycles. The maximum absolute atomic E-state index is 12.0. The molecule has 7 nitrogen and oxygen atoms in total. The van der Waals surface area contributed by atoms with E-state index >= 15 is 0 Å². The summed E-state index contributed by atoms with van der Waals surface area (Å²) in [6.45, 7) is 5.78. The van der Waals surface area contributed by atoms with Crippen molar-refractivity contribution in [2.75, 3.05) is 20.1 Å². The van der Waals surface area contributed by atoms with Gasteiger partial charge in [0, 0.05) is 19.6 Å². The fourth-order valence-electron chi connectivity index (χ4n) is 1.93. The van der Waals surface area contributed by atoms with Crippen LogP contribution in [0.1, 0.15) is 26.3 Å². The average Bonchev–Trinajstić information content (AvgIpc) is 2.36. The third-order valence-corrected chi connectivity index (χ3v) is 2.98. The van der Waals surface area contributed by atoms with Crippen LogP contribution < -0.4 is 0 Å². The molecular weight excluding hydrogens is 300 g/mol. The van der Waals surface area contributed by atoms with Crippen LogP contribution in [-0.2, 0) is 11.3 Å². The molecule has 0 aliphatic carbocycles. The summed E-state index contributed by atoms with van der Waals surface area (Å²) in [5, 5.41) is 28.1. The zero-order valence-corrected chi connectivity index (χ0v) is 14.1. The monoisotopic (exact) mass is 326 g/mol. The Morgan fingerprint density at radius 1 is 1.09 bits per heavy atom. The Bertz CT molecular complexity index is 493. The Balaban J connectivity index is 2.62. The molecule has 1 aromatic carbocycles. The summed E-state index contributed by atoms with van der Waals surface area (Å²) < 4.78 is 5.07. The molecule has 0 bridgehead atoms. The minimum absolute atomic E-state index is 0.109. The number of aliphatic hydroxyl groups is 3. The number of hydrogen-bond donors (Lipinski definition) is 3. The van der Waals surface area contributed by atoms with Crippen molar-refractivity contribution >= 4 is 6.09 Å². The van der Waals surface area contributed by atoms with Gasteiger partial charge in [-0.25, -0.2) is 9.69 Å². The van der Waals surface area contributed by atoms with E-state index < -0.39 is 17.8 Å². The highest BCUT2D eigenvalue weighted by Crippen LogP contribution is 2.14. The average molecular weight is 326 g/mol. The predicted octanol–water partition coefficient (Wildman–Crippen LogP) is 0.944. The number of likely N-dealkylation sites (N-methyl/N-ethyl adjacent to an activating group) is 1. The van der Waals surface area contributed by atoms with Crippen LogP contribution in [0.5, 0.6) is 0 Å². The van der Waals surface area contributed by atoms with Crippen molar-refractivity contribution in [3.63, 3.8) is 0 Å². The van der Waals surface area contributed by atoms with Crippen LogP contribution in [0, 0.1) is 0 Å². The SMILES string of the molecule is CN(CCN(C(=O)OC(C)(C)C)C(O)(O)O)Cc1ccccc1. The van der Waals surface area contributed by atoms with E-state index in [0.717, 1.165) is 5.56 Å². The van der Waals surface area contributed by atoms with E-state index in [9.17, 15) is 20.1 Å². The lowest BCUT2D eigenvalue weighted by atomic mass is 10.2. The van der Waals surface area contributed by atoms with Crippen LogP contribution in [0.2, 0.25) is 0 Å². The van der Waals surface area contributed by atoms with Gasteiger partial charge in [-0.2, -0.15) is 0 Å². The predicted molar refractivity (Wildman–Crippen MR) is 85.1 cm³/mol. The Morgan fingerprint density at radius 2 is 1.65 bits per heavy atom. The first-order valence-corrected chi connectivity index (χ1v) is 7.39. The molecule has 1 rings (SSSR count). The molecule has 1 aromatic rings. The fraction of sp³-hybridized carbons (Fsp3) is 0.562. The highest BCUT2D eigenvalue weighted by molar-refractivity contribution is 5.68. The largest absolute Gasteiger partial charge is 0.444 e. The van der Waals surface area contributed by atoms with Crippen molar-refractivity contribution in [2.24, 2.45) is 0 Å². The minimum Gasteiger partial charge on any atom is -0.444 e. The summed E-state index contributed by atoms with van der Waals surface area (Å²) in [7, 11) is 1.83. The van der Waals surface area contributed by atoms with Crippen LogP contribution in [0.15, 0.2) is 30.3 Å². The molecule has 130 valence electrons. The molecule has 1 amide bonds. The van der Waals surface area contributed by atoms with Gasteiger partial charge < -0.3 is 25.0 Å². The van der Waals surface area contributed by atoms with Gasteiger partial charge in [-0.05, 0) is 33.4 Å². The highest BCUT2D eigenvalue weighted by Gasteiger charge is 2.36. The molecule has 0 unspecified atom stereocenters. The van der Waals surface area contributed by atoms with E-state index in [0.29, 0.717) is 18.0 Å². The molecule has 0 heterocycles. The molecule has 0 saturated heterocycles. The van der Waals surface area contributed by atoms with Crippen molar-refractivity contribution < 1.29 is 24.9 Å². The molecule has 0 aliphatic heterocycles. The molecule has 0 fully saturated rings. The molecule has 3 N–H and O–H groups in total. The number of benzene rings is 1. The topological polar surface area (TPSA) is 93.5 Å². The van der Waals surface area contributed by atoms with E-state index in [1.807, 2.05) is 42.3 Å². The minimum atomic E-state index is -3.27. The number of carbonyl (C=O) groups excluding carboxylic acids is 1. The molecule has 0 aliphatic rings. The van der Waals surface area contributed by atoms with E-state index in [4.69, 9.17) is 4.74 Å². The molecule has 0 radical (unpaired) electrons. The second-order valence-corrected chi connectivity index (χ2v) is 6.46. The highest BCUT2D eigenvalue weighted by atomic mass is 16.7. The van der Waals surface area contributed by atoms with Crippen molar-refractivity contribution in [3.8, 4) is 0 Å². The number of carbonyl (C=O) groups is 1. The lowest BCUT2D eigenvalue weighted by Gasteiger charge is -2.33. The summed E-state index contributed by atoms with van der Waals surface area (Å²) in [6, 6.07) is 9.71. The Morgan fingerprint density at radius 3 is 2.13 bits per heavy atom. The van der Waals surface area contributed by atoms with Crippen LogP contribution >= 0.6 is 0 Å². The summed E-state index contributed by atoms with van der Waals surface area (Å²) in [6.07, 6.45) is -4.27. The summed E-state index contributed by atoms with van der Waals surface area (Å²) >= 11 is 0. The molecule has 0 atom stereocenters. The van der Waals surface area contributed by atoms with Gasteiger partial charge in [-0.15, -0.1) is 0 Å². The Labute approximate surface area is 136 Å². The molecule has 23 heavy (non-hydrogen) atoms. The van der Waals surface area contributed by atoms with Gasteiger partial charge in [-0.1, -0.05) is 30.3 Å². The Hall–Kier alpha value is -1.67. The van der Waals surface area contributed by atoms with Crippen molar-refractivity contribution in [2.45, 2.75) is 39.0 Å². The number of ether oxygens (including phenoxy) is 1. The van der Waals surface area contributed by atoms with Gasteiger partial charge >= 0.3 is 12.2 Å². The van der Waals surface area contributed by atoms with Crippen molar-refractivity contribution in [1.29, 1.82) is 0 Å². The number of rotatable bonds is 6. The first-order chi connectivity index (χ1) is 10.5. The van der Waals surface area contributed by atoms with Gasteiger partial charge in [0.25, 0.3) is 0 Å². The summed E-state index contributed by atoms with van der Waals surface area (Å²) in [5.74, 6) is 0. The molecular formula is C16H26N2O5. The van der Waals surface area contributed by atoms with E-state index in [1.54, 1.807) is 20.8 Å². The maximum atomic E-state index is 12.0. The summed E-state index contributed by atoms with van der Waals surface area (Å²) in [5.41, 5.74) is 0.276. The number of nitrogens with zero attached hydrogens (tertiary/aromatic N) is 2. The van der Waals surface area contributed by atoms with Gasteiger partial charge in [0.15, 0.2) is 0 Å². The standard InChI is InChI=1S/C16H26N2O5/c1-15(2,3)23-14(19)18(16(20,21)22)11-10-17(4)12-13-8-6-5-7-9-13/h5-9,20-22H,10-12H2,1-4H3. The van der Waals surface area contributed by atoms with Crippen molar-refractivity contribution in [1.82, 2.24) is 9.80 Å². The molecule has 0 saturated carbocycles. The lowest BCUT2D eigenvalue weighted by Crippen LogP contribution is -2.55. The fourth-order valence-corrected chi connectivity index (χ4v) is 1.93. The van der Waals surface area contributed by atoms with Crippen LogP contribution in [0.4, 0.5) is 4.79 Å². The lowest BCUT2D eigenvalue weighted by molar-refractivity contribution is -0.381. The van der Waals surface area contributed by atoms with Crippen molar-refractivity contribution in [3.05, 3.63) is 35.9 Å². The smallest absolute Gasteiger partial charge is 0.416 e. The van der Waals surface area contributed by atoms with Gasteiger partial charge in [0.05, 0.1) is 0 Å². The van der Waals surface area contributed by atoms with Gasteiger partial charge in [0.1, 0.15) is 5.60 Å². The second-order valence-electron chi connectivity index (χ2n) is 6.46. The second kappa shape index (κ2) is 7.74. The first kappa shape index (κ1) is 19.4. The zero-order chi connectivity index (χ0) is 17.7. The quantitative estimate of drug-likeness (QED) is 0.674. The summed E-state index contributed by atoms with van der Waals surface area (Å²) in [4.78, 5) is 14.3.